The van der Waals surface area contributed by atoms with Gasteiger partial charge in [0.05, 0.1) is 4.88 Å². The Kier molecular flexibility index (Phi) is 14.5. The number of aliphatic hydroxyl groups is 1. The van der Waals surface area contributed by atoms with Gasteiger partial charge in [0.2, 0.25) is 0 Å². The van der Waals surface area contributed by atoms with Crippen LogP contribution in [0, 0.1) is 25.2 Å². The number of carboxylic acids is 1. The number of carbonyl (C=O) groups is 3. The molecule has 0 aliphatic carbocycles. The molecule has 5 N–H and O–H groups in total. The van der Waals surface area contributed by atoms with E-state index < -0.39 is 29.3 Å². The third-order valence-corrected chi connectivity index (χ3v) is 10.7. The quantitative estimate of drug-likeness (QED) is 0.109. The van der Waals surface area contributed by atoms with Crippen molar-refractivity contribution in [1.82, 2.24) is 19.9 Å². The van der Waals surface area contributed by atoms with E-state index in [-0.39, 0.29) is 48.5 Å². The number of ketones is 1. The molecule has 1 saturated heterocycles. The zero-order valence-corrected chi connectivity index (χ0v) is 32.7. The number of nitrogens with zero attached hydrogens (tertiary/aromatic N) is 5. The van der Waals surface area contributed by atoms with Gasteiger partial charge in [0.1, 0.15) is 29.0 Å². The monoisotopic (exact) mass is 783 g/mol. The molecular weight excluding hydrogens is 737 g/mol. The Morgan fingerprint density at radius 1 is 1.04 bits per heavy atom. The SMILES string of the molecule is Cc1nc(NC(=O)c2ncc(-c3c(C)cccc3Cl)s2)cc(N2CCN(CC[C@](CC(C)C)(C(=O)O)C(=O)[C@@H](O)[C@H](N)Cc3ccccc3)CC2)n1.Cl. The van der Waals surface area contributed by atoms with E-state index in [1.54, 1.807) is 19.2 Å². The molecule has 1 aliphatic rings. The number of nitrogens with one attached hydrogen (secondary N) is 1. The average molecular weight is 785 g/mol. The van der Waals surface area contributed by atoms with Crippen LogP contribution in [0.5, 0.6) is 0 Å². The number of aliphatic carboxylic acids is 1. The number of hydrogen-bond donors (Lipinski definition) is 4. The summed E-state index contributed by atoms with van der Waals surface area (Å²) in [5, 5.41) is 25.3. The molecule has 3 atom stereocenters. The number of aromatic nitrogens is 3. The number of Topliss-reactive ketones (excluding diaryl/α,β-unsaturated/α-hetero) is 1. The van der Waals surface area contributed by atoms with Gasteiger partial charge in [-0.2, -0.15) is 0 Å². The molecule has 5 rings (SSSR count). The van der Waals surface area contributed by atoms with Crippen LogP contribution in [-0.2, 0) is 16.0 Å². The van der Waals surface area contributed by atoms with Gasteiger partial charge in [-0.3, -0.25) is 19.3 Å². The van der Waals surface area contributed by atoms with Crippen molar-refractivity contribution in [2.45, 2.75) is 59.1 Å². The van der Waals surface area contributed by atoms with E-state index in [0.717, 1.165) is 21.6 Å². The minimum absolute atomic E-state index is 0. The van der Waals surface area contributed by atoms with Crippen LogP contribution in [0.15, 0.2) is 60.8 Å². The molecule has 284 valence electrons. The fourth-order valence-corrected chi connectivity index (χ4v) is 8.05. The molecule has 0 spiro atoms. The van der Waals surface area contributed by atoms with Crippen molar-refractivity contribution in [1.29, 1.82) is 0 Å². The van der Waals surface area contributed by atoms with E-state index in [0.29, 0.717) is 55.2 Å². The Morgan fingerprint density at radius 2 is 1.74 bits per heavy atom. The maximum atomic E-state index is 13.8. The van der Waals surface area contributed by atoms with Crippen LogP contribution < -0.4 is 16.0 Å². The lowest BCUT2D eigenvalue weighted by atomic mass is 9.71. The predicted octanol–water partition coefficient (Wildman–Crippen LogP) is 5.67. The van der Waals surface area contributed by atoms with E-state index in [9.17, 15) is 24.6 Å². The standard InChI is InChI=1S/C38H46ClN7O5S.ClH/c1-23(2)21-38(37(50)51,34(48)33(47)28(40)19-26-10-6-5-7-11-26)13-14-45-15-17-46(18-16-45)31-20-30(42-25(4)43-31)44-35(49)36-41-22-29(52-36)32-24(3)9-8-12-27(32)39;/h5-12,20,22-23,28,33,47H,13-19,21,40H2,1-4H3,(H,50,51)(H,42,43,44,49);1H/t28-,33+,38-;/m1./s1. The molecule has 0 saturated carbocycles. The highest BCUT2D eigenvalue weighted by molar-refractivity contribution is 7.17. The van der Waals surface area contributed by atoms with Crippen molar-refractivity contribution < 1.29 is 24.6 Å². The molecule has 2 aromatic carbocycles. The molecule has 1 aliphatic heterocycles. The lowest BCUT2D eigenvalue weighted by Gasteiger charge is -2.38. The molecule has 0 bridgehead atoms. The first-order valence-corrected chi connectivity index (χ1v) is 18.6. The molecular formula is C38H47Cl2N7O5S. The van der Waals surface area contributed by atoms with E-state index in [2.05, 4.69) is 30.1 Å². The Morgan fingerprint density at radius 3 is 2.38 bits per heavy atom. The molecule has 12 nitrogen and oxygen atoms in total. The molecule has 0 radical (unpaired) electrons. The number of anilines is 2. The van der Waals surface area contributed by atoms with Gasteiger partial charge >= 0.3 is 5.97 Å². The Balaban J connectivity index is 0.00000627. The van der Waals surface area contributed by atoms with Crippen molar-refractivity contribution in [3.05, 3.63) is 87.8 Å². The first kappa shape index (κ1) is 41.8. The van der Waals surface area contributed by atoms with Crippen LogP contribution in [0.1, 0.15) is 53.4 Å². The molecule has 3 heterocycles. The number of amides is 1. The fraction of sp³-hybridized carbons (Fsp3) is 0.421. The zero-order chi connectivity index (χ0) is 37.6. The highest BCUT2D eigenvalue weighted by Gasteiger charge is 2.49. The fourth-order valence-electron chi connectivity index (χ4n) is 6.73. The number of halogens is 2. The number of hydrogen-bond acceptors (Lipinski definition) is 11. The number of rotatable bonds is 15. The first-order valence-electron chi connectivity index (χ1n) is 17.4. The number of aliphatic hydroxyl groups excluding tert-OH is 1. The lowest BCUT2D eigenvalue weighted by Crippen LogP contribution is -2.54. The number of thiazole rings is 1. The van der Waals surface area contributed by atoms with Crippen LogP contribution in [0.3, 0.4) is 0 Å². The van der Waals surface area contributed by atoms with Crippen LogP contribution in [0.4, 0.5) is 11.6 Å². The van der Waals surface area contributed by atoms with Crippen LogP contribution in [0.2, 0.25) is 5.02 Å². The summed E-state index contributed by atoms with van der Waals surface area (Å²) < 4.78 is 0. The molecule has 1 amide bonds. The van der Waals surface area contributed by atoms with Crippen molar-refractivity contribution in [2.75, 3.05) is 42.9 Å². The van der Waals surface area contributed by atoms with Crippen LogP contribution in [-0.4, -0.2) is 92.6 Å². The van der Waals surface area contributed by atoms with E-state index >= 15 is 0 Å². The normalized spacial score (nSPS) is 15.7. The maximum absolute atomic E-state index is 13.8. The Bertz CT molecular complexity index is 1870. The van der Waals surface area contributed by atoms with Gasteiger partial charge in [-0.15, -0.1) is 23.7 Å². The Hall–Kier alpha value is -3.98. The van der Waals surface area contributed by atoms with Gasteiger partial charge in [0.15, 0.2) is 10.8 Å². The van der Waals surface area contributed by atoms with Gasteiger partial charge in [-0.25, -0.2) is 15.0 Å². The zero-order valence-electron chi connectivity index (χ0n) is 30.3. The minimum Gasteiger partial charge on any atom is -0.480 e. The smallest absolute Gasteiger partial charge is 0.317 e. The number of nitrogens with two attached hydrogens (primary N) is 1. The van der Waals surface area contributed by atoms with Crippen LogP contribution >= 0.6 is 35.3 Å². The third-order valence-electron chi connectivity index (χ3n) is 9.41. The molecule has 15 heteroatoms. The van der Waals surface area contributed by atoms with Gasteiger partial charge < -0.3 is 26.2 Å². The minimum atomic E-state index is -1.78. The van der Waals surface area contributed by atoms with E-state index in [4.69, 9.17) is 17.3 Å². The highest BCUT2D eigenvalue weighted by atomic mass is 35.5. The van der Waals surface area contributed by atoms with E-state index in [1.165, 1.54) is 11.3 Å². The molecule has 4 aromatic rings. The van der Waals surface area contributed by atoms with Gasteiger partial charge in [0, 0.05) is 55.1 Å². The number of carboxylic acid groups (broad SMARTS) is 1. The summed E-state index contributed by atoms with van der Waals surface area (Å²) in [6.07, 6.45) is 0.410. The number of benzene rings is 2. The Labute approximate surface area is 325 Å². The van der Waals surface area contributed by atoms with Crippen LogP contribution in [0.25, 0.3) is 10.4 Å². The second-order valence-corrected chi connectivity index (χ2v) is 15.2. The van der Waals surface area contributed by atoms with Crippen molar-refractivity contribution >= 4 is 64.6 Å². The third kappa shape index (κ3) is 10.2. The molecule has 53 heavy (non-hydrogen) atoms. The van der Waals surface area contributed by atoms with Crippen molar-refractivity contribution in [2.24, 2.45) is 17.1 Å². The summed E-state index contributed by atoms with van der Waals surface area (Å²) in [6.45, 7) is 10.2. The summed E-state index contributed by atoms with van der Waals surface area (Å²) in [4.78, 5) is 58.2. The van der Waals surface area contributed by atoms with Gasteiger partial charge in [-0.1, -0.05) is 67.9 Å². The summed E-state index contributed by atoms with van der Waals surface area (Å²) in [5.74, 6) is -0.982. The van der Waals surface area contributed by atoms with E-state index in [1.807, 2.05) is 69.3 Å². The van der Waals surface area contributed by atoms with Gasteiger partial charge in [0.25, 0.3) is 5.91 Å². The maximum Gasteiger partial charge on any atom is 0.317 e. The second kappa shape index (κ2) is 18.4. The molecule has 1 fully saturated rings. The highest BCUT2D eigenvalue weighted by Crippen LogP contribution is 2.36. The molecule has 2 aromatic heterocycles. The lowest BCUT2D eigenvalue weighted by molar-refractivity contribution is -0.161. The summed E-state index contributed by atoms with van der Waals surface area (Å²) in [6, 6.07) is 15.7. The first-order chi connectivity index (χ1) is 24.8. The summed E-state index contributed by atoms with van der Waals surface area (Å²) in [7, 11) is 0. The summed E-state index contributed by atoms with van der Waals surface area (Å²) in [5.41, 5.74) is 7.19. The topological polar surface area (TPSA) is 175 Å². The van der Waals surface area contributed by atoms with Crippen molar-refractivity contribution in [3.63, 3.8) is 0 Å². The predicted molar refractivity (Wildman–Crippen MR) is 211 cm³/mol. The largest absolute Gasteiger partial charge is 0.480 e. The second-order valence-electron chi connectivity index (χ2n) is 13.8. The number of carbonyl (C=O) groups excluding carboxylic acids is 2. The summed E-state index contributed by atoms with van der Waals surface area (Å²) >= 11 is 7.68. The average Bonchev–Trinajstić information content (AvgIpc) is 3.59. The number of piperazine rings is 1. The number of aryl methyl sites for hydroxylation is 2. The van der Waals surface area contributed by atoms with Gasteiger partial charge in [-0.05, 0) is 62.8 Å². The van der Waals surface area contributed by atoms with Crippen molar-refractivity contribution in [3.8, 4) is 10.4 Å². The molecule has 0 unspecified atom stereocenters.